The van der Waals surface area contributed by atoms with Gasteiger partial charge in [0.05, 0.1) is 13.2 Å². The lowest BCUT2D eigenvalue weighted by molar-refractivity contribution is 0.0939. The molecule has 0 aliphatic heterocycles. The second-order valence-electron chi connectivity index (χ2n) is 7.66. The van der Waals surface area contributed by atoms with E-state index >= 15 is 0 Å². The van der Waals surface area contributed by atoms with Gasteiger partial charge in [-0.3, -0.25) is 4.79 Å². The Morgan fingerprint density at radius 2 is 1.69 bits per heavy atom. The van der Waals surface area contributed by atoms with E-state index in [0.717, 1.165) is 16.7 Å². The highest BCUT2D eigenvalue weighted by atomic mass is 32.2. The Labute approximate surface area is 189 Å². The molecular formula is C25H28N2O4S. The molecule has 168 valence electrons. The number of carbonyl (C=O) groups excluding carboxylic acids is 1. The maximum atomic E-state index is 13.3. The van der Waals surface area contributed by atoms with Gasteiger partial charge in [0.2, 0.25) is 10.0 Å². The summed E-state index contributed by atoms with van der Waals surface area (Å²) in [5.74, 6) is -0.168. The van der Waals surface area contributed by atoms with Gasteiger partial charge in [-0.1, -0.05) is 54.6 Å². The van der Waals surface area contributed by atoms with E-state index in [1.807, 2.05) is 68.4 Å². The minimum absolute atomic E-state index is 0.0466. The quantitative estimate of drug-likeness (QED) is 0.552. The number of carbonyl (C=O) groups is 1. The number of aryl methyl sites for hydroxylation is 1. The van der Waals surface area contributed by atoms with E-state index in [1.54, 1.807) is 6.07 Å². The SMILES string of the molecule is COc1ccc(C(=O)NC(C)c2ccccc2C)cc1S(=O)(=O)N(C)Cc1ccccc1. The zero-order valence-corrected chi connectivity index (χ0v) is 19.5. The smallest absolute Gasteiger partial charge is 0.251 e. The van der Waals surface area contributed by atoms with Crippen LogP contribution in [0.4, 0.5) is 0 Å². The van der Waals surface area contributed by atoms with E-state index in [0.29, 0.717) is 0 Å². The number of rotatable bonds is 8. The van der Waals surface area contributed by atoms with Crippen molar-refractivity contribution < 1.29 is 17.9 Å². The number of methoxy groups -OCH3 is 1. The fourth-order valence-electron chi connectivity index (χ4n) is 3.54. The number of hydrogen-bond acceptors (Lipinski definition) is 4. The summed E-state index contributed by atoms with van der Waals surface area (Å²) >= 11 is 0. The van der Waals surface area contributed by atoms with E-state index in [4.69, 9.17) is 4.74 Å². The van der Waals surface area contributed by atoms with Crippen LogP contribution in [0.15, 0.2) is 77.7 Å². The maximum Gasteiger partial charge on any atom is 0.251 e. The largest absolute Gasteiger partial charge is 0.495 e. The summed E-state index contributed by atoms with van der Waals surface area (Å²) < 4.78 is 33.1. The van der Waals surface area contributed by atoms with Crippen LogP contribution in [0.1, 0.15) is 40.0 Å². The zero-order valence-electron chi connectivity index (χ0n) is 18.7. The highest BCUT2D eigenvalue weighted by molar-refractivity contribution is 7.89. The topological polar surface area (TPSA) is 75.7 Å². The van der Waals surface area contributed by atoms with Crippen LogP contribution in [0.2, 0.25) is 0 Å². The average molecular weight is 453 g/mol. The molecule has 0 heterocycles. The molecule has 0 aliphatic rings. The number of nitrogens with one attached hydrogen (secondary N) is 1. The Balaban J connectivity index is 1.87. The molecule has 3 aromatic carbocycles. The summed E-state index contributed by atoms with van der Waals surface area (Å²) in [6.45, 7) is 4.08. The molecule has 32 heavy (non-hydrogen) atoms. The first-order valence-corrected chi connectivity index (χ1v) is 11.7. The molecule has 0 fully saturated rings. The molecule has 1 amide bonds. The van der Waals surface area contributed by atoms with E-state index in [2.05, 4.69) is 5.32 Å². The van der Waals surface area contributed by atoms with Gasteiger partial charge in [-0.05, 0) is 48.7 Å². The fraction of sp³-hybridized carbons (Fsp3) is 0.240. The third kappa shape index (κ3) is 5.18. The van der Waals surface area contributed by atoms with Crippen molar-refractivity contribution in [3.8, 4) is 5.75 Å². The summed E-state index contributed by atoms with van der Waals surface area (Å²) in [6, 6.07) is 21.3. The molecule has 6 nitrogen and oxygen atoms in total. The molecule has 1 N–H and O–H groups in total. The Hall–Kier alpha value is -3.16. The number of hydrogen-bond donors (Lipinski definition) is 1. The standard InChI is InChI=1S/C25H28N2O4S/c1-18-10-8-9-13-22(18)19(2)26-25(28)21-14-15-23(31-4)24(16-21)32(29,30)27(3)17-20-11-6-5-7-12-20/h5-16,19H,17H2,1-4H3,(H,26,28). The van der Waals surface area contributed by atoms with E-state index in [-0.39, 0.29) is 34.7 Å². The normalized spacial score (nSPS) is 12.4. The molecule has 3 aromatic rings. The predicted octanol–water partition coefficient (Wildman–Crippen LogP) is 4.32. The van der Waals surface area contributed by atoms with Gasteiger partial charge < -0.3 is 10.1 Å². The van der Waals surface area contributed by atoms with Gasteiger partial charge in [0, 0.05) is 19.2 Å². The highest BCUT2D eigenvalue weighted by Crippen LogP contribution is 2.28. The van der Waals surface area contributed by atoms with Crippen LogP contribution < -0.4 is 10.1 Å². The van der Waals surface area contributed by atoms with Gasteiger partial charge in [0.1, 0.15) is 10.6 Å². The lowest BCUT2D eigenvalue weighted by Crippen LogP contribution is -2.29. The van der Waals surface area contributed by atoms with E-state index < -0.39 is 10.0 Å². The molecule has 0 spiro atoms. The second-order valence-corrected chi connectivity index (χ2v) is 9.68. The van der Waals surface area contributed by atoms with Crippen molar-refractivity contribution >= 4 is 15.9 Å². The molecule has 0 radical (unpaired) electrons. The van der Waals surface area contributed by atoms with Gasteiger partial charge >= 0.3 is 0 Å². The first kappa shape index (κ1) is 23.5. The maximum absolute atomic E-state index is 13.3. The number of nitrogens with zero attached hydrogens (tertiary/aromatic N) is 1. The first-order valence-electron chi connectivity index (χ1n) is 10.3. The molecule has 0 saturated heterocycles. The monoisotopic (exact) mass is 452 g/mol. The Morgan fingerprint density at radius 3 is 2.34 bits per heavy atom. The molecule has 0 saturated carbocycles. The molecule has 1 unspecified atom stereocenters. The van der Waals surface area contributed by atoms with Gasteiger partial charge in [-0.25, -0.2) is 8.42 Å². The number of amides is 1. The lowest BCUT2D eigenvalue weighted by atomic mass is 10.0. The minimum atomic E-state index is -3.89. The summed E-state index contributed by atoms with van der Waals surface area (Å²) in [5.41, 5.74) is 3.18. The van der Waals surface area contributed by atoms with Gasteiger partial charge in [-0.15, -0.1) is 0 Å². The van der Waals surface area contributed by atoms with Crippen molar-refractivity contribution in [1.82, 2.24) is 9.62 Å². The van der Waals surface area contributed by atoms with Gasteiger partial charge in [-0.2, -0.15) is 4.31 Å². The van der Waals surface area contributed by atoms with Gasteiger partial charge in [0.25, 0.3) is 5.91 Å². The Bertz CT molecular complexity index is 1190. The van der Waals surface area contributed by atoms with Crippen LogP contribution in [-0.2, 0) is 16.6 Å². The molecule has 0 bridgehead atoms. The molecule has 0 aromatic heterocycles. The fourth-order valence-corrected chi connectivity index (χ4v) is 4.88. The zero-order chi connectivity index (χ0) is 23.3. The van der Waals surface area contributed by atoms with E-state index in [1.165, 1.54) is 30.6 Å². The predicted molar refractivity (Wildman–Crippen MR) is 125 cm³/mol. The third-order valence-electron chi connectivity index (χ3n) is 5.36. The van der Waals surface area contributed by atoms with Crippen molar-refractivity contribution in [2.24, 2.45) is 0 Å². The van der Waals surface area contributed by atoms with Crippen LogP contribution >= 0.6 is 0 Å². The van der Waals surface area contributed by atoms with Crippen molar-refractivity contribution in [2.45, 2.75) is 31.3 Å². The molecule has 7 heteroatoms. The van der Waals surface area contributed by atoms with Crippen LogP contribution in [0.5, 0.6) is 5.75 Å². The molecular weight excluding hydrogens is 424 g/mol. The second kappa shape index (κ2) is 9.97. The van der Waals surface area contributed by atoms with Crippen molar-refractivity contribution in [1.29, 1.82) is 0 Å². The summed E-state index contributed by atoms with van der Waals surface area (Å²) in [4.78, 5) is 12.9. The highest BCUT2D eigenvalue weighted by Gasteiger charge is 2.26. The third-order valence-corrected chi connectivity index (χ3v) is 7.19. The minimum Gasteiger partial charge on any atom is -0.495 e. The molecule has 3 rings (SSSR count). The van der Waals surface area contributed by atoms with Crippen molar-refractivity contribution in [3.63, 3.8) is 0 Å². The van der Waals surface area contributed by atoms with Gasteiger partial charge in [0.15, 0.2) is 0 Å². The Morgan fingerprint density at radius 1 is 1.03 bits per heavy atom. The molecule has 1 atom stereocenters. The number of ether oxygens (including phenoxy) is 1. The average Bonchev–Trinajstić information content (AvgIpc) is 2.79. The van der Waals surface area contributed by atoms with E-state index in [9.17, 15) is 13.2 Å². The summed E-state index contributed by atoms with van der Waals surface area (Å²) in [6.07, 6.45) is 0. The van der Waals surface area contributed by atoms with Crippen molar-refractivity contribution in [3.05, 3.63) is 95.1 Å². The van der Waals surface area contributed by atoms with Crippen molar-refractivity contribution in [2.75, 3.05) is 14.2 Å². The van der Waals surface area contributed by atoms with Crippen LogP contribution in [-0.4, -0.2) is 32.8 Å². The number of sulfonamides is 1. The van der Waals surface area contributed by atoms with Crippen LogP contribution in [0, 0.1) is 6.92 Å². The Kier molecular flexibility index (Phi) is 7.33. The number of benzene rings is 3. The first-order chi connectivity index (χ1) is 15.2. The summed E-state index contributed by atoms with van der Waals surface area (Å²) in [5, 5.41) is 2.95. The van der Waals surface area contributed by atoms with Crippen LogP contribution in [0.25, 0.3) is 0 Å². The lowest BCUT2D eigenvalue weighted by Gasteiger charge is -2.20. The van der Waals surface area contributed by atoms with Crippen LogP contribution in [0.3, 0.4) is 0 Å². The molecule has 0 aliphatic carbocycles. The summed E-state index contributed by atoms with van der Waals surface area (Å²) in [7, 11) is -0.978.